The summed E-state index contributed by atoms with van der Waals surface area (Å²) >= 11 is 0. The minimum absolute atomic E-state index is 0.00798. The van der Waals surface area contributed by atoms with Gasteiger partial charge in [-0.1, -0.05) is 12.1 Å². The van der Waals surface area contributed by atoms with E-state index in [9.17, 15) is 4.79 Å². The number of hydrogen-bond acceptors (Lipinski definition) is 5. The summed E-state index contributed by atoms with van der Waals surface area (Å²) in [6, 6.07) is 10.7. The Labute approximate surface area is 146 Å². The highest BCUT2D eigenvalue weighted by Crippen LogP contribution is 2.29. The van der Waals surface area contributed by atoms with Crippen molar-refractivity contribution < 1.29 is 14.3 Å². The van der Waals surface area contributed by atoms with Gasteiger partial charge in [-0.3, -0.25) is 4.98 Å². The molecule has 0 spiro atoms. The number of urea groups is 1. The zero-order valence-electron chi connectivity index (χ0n) is 13.9. The zero-order valence-corrected chi connectivity index (χ0v) is 13.9. The van der Waals surface area contributed by atoms with Crippen molar-refractivity contribution in [3.63, 3.8) is 0 Å². The van der Waals surface area contributed by atoms with Gasteiger partial charge in [0.25, 0.3) is 0 Å². The van der Waals surface area contributed by atoms with Gasteiger partial charge in [0, 0.05) is 19.3 Å². The first-order valence-electron chi connectivity index (χ1n) is 8.31. The lowest BCUT2D eigenvalue weighted by Gasteiger charge is -2.33. The third-order valence-electron chi connectivity index (χ3n) is 3.91. The van der Waals surface area contributed by atoms with Crippen LogP contribution in [0.3, 0.4) is 0 Å². The molecule has 0 saturated carbocycles. The molecule has 1 aromatic heterocycles. The lowest BCUT2D eigenvalue weighted by Crippen LogP contribution is -2.47. The number of amides is 2. The van der Waals surface area contributed by atoms with Crippen LogP contribution in [0.4, 0.5) is 10.5 Å². The maximum atomic E-state index is 12.6. The number of rotatable bonds is 5. The van der Waals surface area contributed by atoms with Gasteiger partial charge < -0.3 is 25.4 Å². The summed E-state index contributed by atoms with van der Waals surface area (Å²) in [7, 11) is 0. The van der Waals surface area contributed by atoms with Crippen LogP contribution in [0.15, 0.2) is 48.8 Å². The van der Waals surface area contributed by atoms with Gasteiger partial charge in [0.2, 0.25) is 0 Å². The van der Waals surface area contributed by atoms with Crippen LogP contribution in [0.25, 0.3) is 0 Å². The number of nitrogens with one attached hydrogen (secondary N) is 1. The van der Waals surface area contributed by atoms with Gasteiger partial charge in [-0.05, 0) is 37.2 Å². The fourth-order valence-electron chi connectivity index (χ4n) is 2.65. The van der Waals surface area contributed by atoms with Crippen molar-refractivity contribution in [1.82, 2.24) is 9.88 Å². The van der Waals surface area contributed by atoms with Crippen LogP contribution in [0.1, 0.15) is 6.42 Å². The van der Waals surface area contributed by atoms with Crippen molar-refractivity contribution in [1.29, 1.82) is 0 Å². The number of pyridine rings is 1. The van der Waals surface area contributed by atoms with E-state index in [4.69, 9.17) is 15.2 Å². The van der Waals surface area contributed by atoms with E-state index in [-0.39, 0.29) is 12.1 Å². The van der Waals surface area contributed by atoms with Crippen molar-refractivity contribution in [2.75, 3.05) is 31.6 Å². The van der Waals surface area contributed by atoms with E-state index in [2.05, 4.69) is 10.3 Å². The SMILES string of the molecule is NCC[C@@H]1CN(C(=O)Nc2ccccc2Oc2cccnc2)CCO1. The number of ether oxygens (including phenoxy) is 2. The second-order valence-corrected chi connectivity index (χ2v) is 5.73. The van der Waals surface area contributed by atoms with E-state index in [0.29, 0.717) is 43.4 Å². The molecule has 1 aliphatic heterocycles. The molecule has 25 heavy (non-hydrogen) atoms. The standard InChI is InChI=1S/C18H22N4O3/c19-8-7-15-13-22(10-11-24-15)18(23)21-16-5-1-2-6-17(16)25-14-4-3-9-20-12-14/h1-6,9,12,15H,7-8,10-11,13,19H2,(H,21,23)/t15-/m1/s1. The van der Waals surface area contributed by atoms with E-state index >= 15 is 0 Å². The number of carbonyl (C=O) groups excluding carboxylic acids is 1. The maximum absolute atomic E-state index is 12.6. The highest BCUT2D eigenvalue weighted by molar-refractivity contribution is 5.91. The van der Waals surface area contributed by atoms with Crippen molar-refractivity contribution in [2.24, 2.45) is 5.73 Å². The molecule has 3 rings (SSSR count). The molecule has 0 unspecified atom stereocenters. The van der Waals surface area contributed by atoms with Crippen LogP contribution >= 0.6 is 0 Å². The Hall–Kier alpha value is -2.64. The monoisotopic (exact) mass is 342 g/mol. The molecule has 2 amide bonds. The molecule has 0 bridgehead atoms. The van der Waals surface area contributed by atoms with Crippen LogP contribution in [0, 0.1) is 0 Å². The number of aromatic nitrogens is 1. The first kappa shape index (κ1) is 17.2. The van der Waals surface area contributed by atoms with Crippen LogP contribution in [-0.2, 0) is 4.74 Å². The predicted molar refractivity (Wildman–Crippen MR) is 94.8 cm³/mol. The van der Waals surface area contributed by atoms with Gasteiger partial charge in [0.05, 0.1) is 24.6 Å². The Morgan fingerprint density at radius 1 is 1.36 bits per heavy atom. The molecule has 1 saturated heterocycles. The minimum atomic E-state index is -0.174. The molecule has 3 N–H and O–H groups in total. The van der Waals surface area contributed by atoms with Gasteiger partial charge in [-0.25, -0.2) is 4.79 Å². The lowest BCUT2D eigenvalue weighted by molar-refractivity contribution is -0.0146. The summed E-state index contributed by atoms with van der Waals surface area (Å²) in [5.74, 6) is 1.18. The third-order valence-corrected chi connectivity index (χ3v) is 3.91. The van der Waals surface area contributed by atoms with Crippen molar-refractivity contribution in [3.05, 3.63) is 48.8 Å². The second kappa shape index (κ2) is 8.46. The minimum Gasteiger partial charge on any atom is -0.454 e. The number of carbonyl (C=O) groups is 1. The van der Waals surface area contributed by atoms with Crippen LogP contribution in [0.2, 0.25) is 0 Å². The molecule has 1 aliphatic rings. The Kier molecular flexibility index (Phi) is 5.81. The average Bonchev–Trinajstić information content (AvgIpc) is 2.65. The molecule has 2 heterocycles. The van der Waals surface area contributed by atoms with Gasteiger partial charge in [-0.2, -0.15) is 0 Å². The molecule has 0 radical (unpaired) electrons. The first-order valence-corrected chi connectivity index (χ1v) is 8.31. The van der Waals surface area contributed by atoms with E-state index in [1.54, 1.807) is 35.5 Å². The van der Waals surface area contributed by atoms with Gasteiger partial charge in [0.15, 0.2) is 5.75 Å². The maximum Gasteiger partial charge on any atom is 0.322 e. The molecule has 1 atom stereocenters. The van der Waals surface area contributed by atoms with E-state index in [0.717, 1.165) is 6.42 Å². The summed E-state index contributed by atoms with van der Waals surface area (Å²) < 4.78 is 11.4. The summed E-state index contributed by atoms with van der Waals surface area (Å²) in [5.41, 5.74) is 6.19. The number of nitrogens with two attached hydrogens (primary N) is 1. The molecule has 132 valence electrons. The fourth-order valence-corrected chi connectivity index (χ4v) is 2.65. The van der Waals surface area contributed by atoms with E-state index in [1.165, 1.54) is 0 Å². The number of hydrogen-bond donors (Lipinski definition) is 2. The molecule has 7 nitrogen and oxygen atoms in total. The second-order valence-electron chi connectivity index (χ2n) is 5.73. The summed E-state index contributed by atoms with van der Waals surface area (Å²) in [6.45, 7) is 2.15. The first-order chi connectivity index (χ1) is 12.3. The number of anilines is 1. The Morgan fingerprint density at radius 2 is 2.24 bits per heavy atom. The normalized spacial score (nSPS) is 17.2. The quantitative estimate of drug-likeness (QED) is 0.871. The third kappa shape index (κ3) is 4.68. The highest BCUT2D eigenvalue weighted by atomic mass is 16.5. The van der Waals surface area contributed by atoms with Crippen molar-refractivity contribution in [2.45, 2.75) is 12.5 Å². The van der Waals surface area contributed by atoms with Gasteiger partial charge >= 0.3 is 6.03 Å². The Bertz CT molecular complexity index is 694. The highest BCUT2D eigenvalue weighted by Gasteiger charge is 2.24. The van der Waals surface area contributed by atoms with Gasteiger partial charge in [-0.15, -0.1) is 0 Å². The average molecular weight is 342 g/mol. The molecular weight excluding hydrogens is 320 g/mol. The van der Waals surface area contributed by atoms with Crippen LogP contribution in [0.5, 0.6) is 11.5 Å². The van der Waals surface area contributed by atoms with Crippen molar-refractivity contribution >= 4 is 11.7 Å². The predicted octanol–water partition coefficient (Wildman–Crippen LogP) is 2.46. The molecule has 1 aromatic carbocycles. The van der Waals surface area contributed by atoms with Crippen molar-refractivity contribution in [3.8, 4) is 11.5 Å². The largest absolute Gasteiger partial charge is 0.454 e. The molecule has 2 aromatic rings. The number of nitrogens with zero attached hydrogens (tertiary/aromatic N) is 2. The molecule has 1 fully saturated rings. The zero-order chi connectivity index (χ0) is 17.5. The van der Waals surface area contributed by atoms with E-state index in [1.807, 2.05) is 18.2 Å². The molecule has 0 aliphatic carbocycles. The topological polar surface area (TPSA) is 89.7 Å². The summed E-state index contributed by atoms with van der Waals surface area (Å²) in [4.78, 5) is 18.3. The molecular formula is C18H22N4O3. The summed E-state index contributed by atoms with van der Waals surface area (Å²) in [6.07, 6.45) is 4.03. The fraction of sp³-hybridized carbons (Fsp3) is 0.333. The lowest BCUT2D eigenvalue weighted by atomic mass is 10.2. The van der Waals surface area contributed by atoms with E-state index < -0.39 is 0 Å². The smallest absolute Gasteiger partial charge is 0.322 e. The number of morpholine rings is 1. The number of benzene rings is 1. The number of para-hydroxylation sites is 2. The summed E-state index contributed by atoms with van der Waals surface area (Å²) in [5, 5.41) is 2.92. The Balaban J connectivity index is 1.67. The Morgan fingerprint density at radius 3 is 3.04 bits per heavy atom. The molecule has 7 heteroatoms. The van der Waals surface area contributed by atoms with Gasteiger partial charge in [0.1, 0.15) is 5.75 Å². The van der Waals surface area contributed by atoms with Crippen LogP contribution in [-0.4, -0.2) is 48.3 Å². The van der Waals surface area contributed by atoms with Crippen LogP contribution < -0.4 is 15.8 Å².